The summed E-state index contributed by atoms with van der Waals surface area (Å²) in [6.45, 7) is 0. The van der Waals surface area contributed by atoms with Gasteiger partial charge in [0, 0.05) is 5.39 Å². The van der Waals surface area contributed by atoms with Gasteiger partial charge in [-0.05, 0) is 37.5 Å². The average molecular weight is 298 g/mol. The first-order chi connectivity index (χ1) is 10.7. The molecule has 4 N–H and O–H groups in total. The highest BCUT2D eigenvalue weighted by molar-refractivity contribution is 6.05. The van der Waals surface area contributed by atoms with Crippen molar-refractivity contribution in [3.63, 3.8) is 0 Å². The van der Waals surface area contributed by atoms with Gasteiger partial charge in [-0.2, -0.15) is 10.2 Å². The quantitative estimate of drug-likeness (QED) is 0.579. The van der Waals surface area contributed by atoms with E-state index in [1.807, 2.05) is 0 Å². The van der Waals surface area contributed by atoms with Crippen molar-refractivity contribution in [1.29, 1.82) is 0 Å². The Hall–Kier alpha value is -2.90. The maximum Gasteiger partial charge on any atom is 0.273 e. The summed E-state index contributed by atoms with van der Waals surface area (Å²) in [5.74, 6) is 0.458. The van der Waals surface area contributed by atoms with E-state index in [-0.39, 0.29) is 17.4 Å². The molecule has 112 valence electrons. The van der Waals surface area contributed by atoms with Crippen LogP contribution in [0.4, 0.5) is 0 Å². The SMILES string of the molecule is O=C(NC1(c2ncn[nH]2)CCC1)c1n[nH]c2ccc(O)cc12. The van der Waals surface area contributed by atoms with Crippen LogP contribution in [-0.4, -0.2) is 36.4 Å². The number of benzene rings is 1. The van der Waals surface area contributed by atoms with E-state index in [1.54, 1.807) is 12.1 Å². The lowest BCUT2D eigenvalue weighted by Crippen LogP contribution is -2.51. The average Bonchev–Trinajstić information content (AvgIpc) is 3.11. The van der Waals surface area contributed by atoms with Crippen molar-refractivity contribution in [2.24, 2.45) is 0 Å². The van der Waals surface area contributed by atoms with Gasteiger partial charge >= 0.3 is 0 Å². The number of phenolic OH excluding ortho intramolecular Hbond substituents is 1. The zero-order chi connectivity index (χ0) is 15.2. The van der Waals surface area contributed by atoms with Gasteiger partial charge in [0.05, 0.1) is 11.1 Å². The molecular weight excluding hydrogens is 284 g/mol. The summed E-state index contributed by atoms with van der Waals surface area (Å²) in [6, 6.07) is 4.75. The zero-order valence-electron chi connectivity index (χ0n) is 11.6. The number of hydrogen-bond acceptors (Lipinski definition) is 5. The van der Waals surface area contributed by atoms with Crippen molar-refractivity contribution in [2.45, 2.75) is 24.8 Å². The molecule has 22 heavy (non-hydrogen) atoms. The second-order valence-electron chi connectivity index (χ2n) is 5.53. The summed E-state index contributed by atoms with van der Waals surface area (Å²) in [5.41, 5.74) is 0.456. The lowest BCUT2D eigenvalue weighted by molar-refractivity contribution is 0.0806. The van der Waals surface area contributed by atoms with Gasteiger partial charge in [-0.1, -0.05) is 0 Å². The number of carbonyl (C=O) groups is 1. The highest BCUT2D eigenvalue weighted by Gasteiger charge is 2.43. The number of H-pyrrole nitrogens is 2. The Balaban J connectivity index is 1.68. The first-order valence-electron chi connectivity index (χ1n) is 7.03. The van der Waals surface area contributed by atoms with Crippen molar-refractivity contribution in [3.05, 3.63) is 36.0 Å². The molecule has 0 aliphatic heterocycles. The summed E-state index contributed by atoms with van der Waals surface area (Å²) >= 11 is 0. The molecule has 0 spiro atoms. The van der Waals surface area contributed by atoms with Crippen LogP contribution in [-0.2, 0) is 5.54 Å². The first kappa shape index (κ1) is 12.8. The van der Waals surface area contributed by atoms with Crippen LogP contribution in [0.25, 0.3) is 10.9 Å². The van der Waals surface area contributed by atoms with E-state index in [0.717, 1.165) is 19.3 Å². The Kier molecular flexibility index (Phi) is 2.65. The molecule has 1 saturated carbocycles. The molecule has 1 aliphatic carbocycles. The highest BCUT2D eigenvalue weighted by Crippen LogP contribution is 2.39. The third-order valence-electron chi connectivity index (χ3n) is 4.19. The molecule has 0 radical (unpaired) electrons. The number of nitrogens with zero attached hydrogens (tertiary/aromatic N) is 3. The molecule has 8 nitrogen and oxygen atoms in total. The smallest absolute Gasteiger partial charge is 0.273 e. The Morgan fingerprint density at radius 2 is 2.18 bits per heavy atom. The van der Waals surface area contributed by atoms with Crippen LogP contribution in [0.5, 0.6) is 5.75 Å². The number of aromatic nitrogens is 5. The van der Waals surface area contributed by atoms with Gasteiger partial charge in [-0.15, -0.1) is 0 Å². The number of aromatic hydroxyl groups is 1. The van der Waals surface area contributed by atoms with Crippen LogP contribution in [0.1, 0.15) is 35.6 Å². The third-order valence-corrected chi connectivity index (χ3v) is 4.19. The second kappa shape index (κ2) is 4.55. The van der Waals surface area contributed by atoms with Crippen LogP contribution in [0.2, 0.25) is 0 Å². The Morgan fingerprint density at radius 3 is 2.86 bits per heavy atom. The van der Waals surface area contributed by atoms with Gasteiger partial charge < -0.3 is 10.4 Å². The molecule has 2 aromatic heterocycles. The maximum atomic E-state index is 12.6. The Morgan fingerprint density at radius 1 is 1.32 bits per heavy atom. The molecule has 8 heteroatoms. The molecular formula is C14H14N6O2. The van der Waals surface area contributed by atoms with Crippen molar-refractivity contribution in [3.8, 4) is 5.75 Å². The van der Waals surface area contributed by atoms with Crippen LogP contribution in [0.15, 0.2) is 24.5 Å². The Labute approximate surface area is 125 Å². The predicted molar refractivity (Wildman–Crippen MR) is 77.1 cm³/mol. The van der Waals surface area contributed by atoms with Crippen molar-refractivity contribution in [2.75, 3.05) is 0 Å². The monoisotopic (exact) mass is 298 g/mol. The van der Waals surface area contributed by atoms with Gasteiger partial charge in [-0.25, -0.2) is 4.98 Å². The fourth-order valence-electron chi connectivity index (χ4n) is 2.84. The summed E-state index contributed by atoms with van der Waals surface area (Å²) in [4.78, 5) is 16.8. The fraction of sp³-hybridized carbons (Fsp3) is 0.286. The molecule has 4 rings (SSSR count). The summed E-state index contributed by atoms with van der Waals surface area (Å²) in [5, 5.41) is 26.7. The van der Waals surface area contributed by atoms with E-state index in [1.165, 1.54) is 12.4 Å². The van der Waals surface area contributed by atoms with Crippen LogP contribution in [0.3, 0.4) is 0 Å². The molecule has 2 heterocycles. The number of fused-ring (bicyclic) bond motifs is 1. The van der Waals surface area contributed by atoms with Crippen molar-refractivity contribution < 1.29 is 9.90 Å². The van der Waals surface area contributed by atoms with Gasteiger partial charge in [0.25, 0.3) is 5.91 Å². The van der Waals surface area contributed by atoms with E-state index >= 15 is 0 Å². The number of phenols is 1. The number of aromatic amines is 2. The minimum atomic E-state index is -0.504. The van der Waals surface area contributed by atoms with E-state index in [2.05, 4.69) is 30.7 Å². The van der Waals surface area contributed by atoms with Crippen LogP contribution >= 0.6 is 0 Å². The summed E-state index contributed by atoms with van der Waals surface area (Å²) in [6.07, 6.45) is 4.07. The molecule has 0 saturated heterocycles. The number of hydrogen-bond donors (Lipinski definition) is 4. The standard InChI is InChI=1S/C14H14N6O2/c21-8-2-3-10-9(6-8)11(19-18-10)12(22)17-14(4-1-5-14)13-15-7-16-20-13/h2-3,6-7,21H,1,4-5H2,(H,17,22)(H,18,19)(H,15,16,20). The molecule has 1 aromatic carbocycles. The molecule has 1 fully saturated rings. The van der Waals surface area contributed by atoms with Crippen molar-refractivity contribution >= 4 is 16.8 Å². The van der Waals surface area contributed by atoms with Crippen LogP contribution in [0, 0.1) is 0 Å². The van der Waals surface area contributed by atoms with Gasteiger partial charge in [0.15, 0.2) is 5.69 Å². The predicted octanol–water partition coefficient (Wildman–Crippen LogP) is 1.20. The van der Waals surface area contributed by atoms with E-state index in [9.17, 15) is 9.90 Å². The minimum Gasteiger partial charge on any atom is -0.508 e. The van der Waals surface area contributed by atoms with Crippen molar-refractivity contribution in [1.82, 2.24) is 30.7 Å². The second-order valence-corrected chi connectivity index (χ2v) is 5.53. The van der Waals surface area contributed by atoms with Gasteiger partial charge in [-0.3, -0.25) is 15.0 Å². The van der Waals surface area contributed by atoms with Crippen LogP contribution < -0.4 is 5.32 Å². The van der Waals surface area contributed by atoms with Gasteiger partial charge in [0.1, 0.15) is 17.9 Å². The van der Waals surface area contributed by atoms with E-state index in [4.69, 9.17) is 0 Å². The molecule has 1 aliphatic rings. The zero-order valence-corrected chi connectivity index (χ0v) is 11.6. The highest BCUT2D eigenvalue weighted by atomic mass is 16.3. The molecule has 3 aromatic rings. The summed E-state index contributed by atoms with van der Waals surface area (Å²) < 4.78 is 0. The molecule has 1 amide bonds. The normalized spacial score (nSPS) is 16.4. The number of amides is 1. The Bertz CT molecular complexity index is 834. The number of rotatable bonds is 3. The molecule has 0 atom stereocenters. The van der Waals surface area contributed by atoms with E-state index in [0.29, 0.717) is 16.7 Å². The minimum absolute atomic E-state index is 0.0940. The summed E-state index contributed by atoms with van der Waals surface area (Å²) in [7, 11) is 0. The number of carbonyl (C=O) groups excluding carboxylic acids is 1. The number of nitrogens with one attached hydrogen (secondary N) is 3. The van der Waals surface area contributed by atoms with E-state index < -0.39 is 5.54 Å². The molecule has 0 bridgehead atoms. The lowest BCUT2D eigenvalue weighted by Gasteiger charge is -2.40. The lowest BCUT2D eigenvalue weighted by atomic mass is 9.76. The maximum absolute atomic E-state index is 12.6. The fourth-order valence-corrected chi connectivity index (χ4v) is 2.84. The first-order valence-corrected chi connectivity index (χ1v) is 7.03. The topological polar surface area (TPSA) is 120 Å². The molecule has 0 unspecified atom stereocenters. The largest absolute Gasteiger partial charge is 0.508 e. The third kappa shape index (κ3) is 1.84. The van der Waals surface area contributed by atoms with Gasteiger partial charge in [0.2, 0.25) is 0 Å².